The molecule has 1 atom stereocenters. The number of pyridine rings is 1. The lowest BCUT2D eigenvalue weighted by Crippen LogP contribution is -2.38. The number of carbonyl (C=O) groups excluding carboxylic acids is 1. The van der Waals surface area contributed by atoms with Crippen molar-refractivity contribution in [1.82, 2.24) is 19.7 Å². The molecule has 112 valence electrons. The Kier molecular flexibility index (Phi) is 5.45. The summed E-state index contributed by atoms with van der Waals surface area (Å²) < 4.78 is 6.76. The normalized spacial score (nSPS) is 12.1. The van der Waals surface area contributed by atoms with E-state index in [2.05, 4.69) is 10.1 Å². The summed E-state index contributed by atoms with van der Waals surface area (Å²) in [5.74, 6) is 0.0135. The van der Waals surface area contributed by atoms with Gasteiger partial charge in [0.05, 0.1) is 6.61 Å². The van der Waals surface area contributed by atoms with Gasteiger partial charge < -0.3 is 9.64 Å². The fraction of sp³-hybridized carbons (Fsp3) is 0.400. The Morgan fingerprint density at radius 1 is 1.43 bits per heavy atom. The second-order valence-electron chi connectivity index (χ2n) is 4.78. The van der Waals surface area contributed by atoms with Gasteiger partial charge in [-0.2, -0.15) is 5.10 Å². The van der Waals surface area contributed by atoms with Gasteiger partial charge >= 0.3 is 0 Å². The van der Waals surface area contributed by atoms with Crippen molar-refractivity contribution < 1.29 is 9.53 Å². The highest BCUT2D eigenvalue weighted by Crippen LogP contribution is 2.12. The van der Waals surface area contributed by atoms with Crippen LogP contribution < -0.4 is 0 Å². The van der Waals surface area contributed by atoms with Gasteiger partial charge in [0.25, 0.3) is 0 Å². The second kappa shape index (κ2) is 7.54. The zero-order valence-electron chi connectivity index (χ0n) is 12.3. The van der Waals surface area contributed by atoms with Crippen LogP contribution in [0.15, 0.2) is 43.0 Å². The average Bonchev–Trinajstić information content (AvgIpc) is 3.05. The summed E-state index contributed by atoms with van der Waals surface area (Å²) in [5.41, 5.74) is 0.995. The predicted molar refractivity (Wildman–Crippen MR) is 78.5 cm³/mol. The van der Waals surface area contributed by atoms with Gasteiger partial charge in [-0.1, -0.05) is 6.07 Å². The van der Waals surface area contributed by atoms with Gasteiger partial charge in [-0.15, -0.1) is 0 Å². The van der Waals surface area contributed by atoms with Crippen LogP contribution in [0, 0.1) is 0 Å². The first kappa shape index (κ1) is 15.2. The Morgan fingerprint density at radius 3 is 2.90 bits per heavy atom. The van der Waals surface area contributed by atoms with Gasteiger partial charge in [0.1, 0.15) is 6.04 Å². The van der Waals surface area contributed by atoms with Crippen molar-refractivity contribution >= 4 is 5.91 Å². The Hall–Kier alpha value is -2.21. The van der Waals surface area contributed by atoms with E-state index in [0.717, 1.165) is 5.56 Å². The first-order chi connectivity index (χ1) is 10.2. The highest BCUT2D eigenvalue weighted by molar-refractivity contribution is 5.80. The Bertz CT molecular complexity index is 542. The molecule has 2 aromatic rings. The van der Waals surface area contributed by atoms with E-state index >= 15 is 0 Å². The molecule has 0 aromatic carbocycles. The summed E-state index contributed by atoms with van der Waals surface area (Å²) in [6, 6.07) is 5.29. The molecule has 2 heterocycles. The molecule has 0 bridgehead atoms. The van der Waals surface area contributed by atoms with E-state index < -0.39 is 0 Å². The summed E-state index contributed by atoms with van der Waals surface area (Å²) in [5, 5.41) is 4.13. The molecule has 0 aliphatic rings. The standard InChI is InChI=1S/C15H20N4O2/c1-13(19-8-4-7-17-19)15(20)18(9-10-21-2)12-14-5-3-6-16-11-14/h3-8,11,13H,9-10,12H2,1-2H3/t13-/m0/s1. The molecule has 0 fully saturated rings. The third-order valence-corrected chi connectivity index (χ3v) is 3.25. The molecule has 1 amide bonds. The predicted octanol–water partition coefficient (Wildman–Crippen LogP) is 1.51. The summed E-state index contributed by atoms with van der Waals surface area (Å²) in [4.78, 5) is 18.5. The van der Waals surface area contributed by atoms with Crippen LogP contribution in [0.25, 0.3) is 0 Å². The Morgan fingerprint density at radius 2 is 2.29 bits per heavy atom. The lowest BCUT2D eigenvalue weighted by atomic mass is 10.2. The number of hydrogen-bond donors (Lipinski definition) is 0. The largest absolute Gasteiger partial charge is 0.383 e. The minimum absolute atomic E-state index is 0.0135. The van der Waals surface area contributed by atoms with Crippen molar-refractivity contribution in [2.75, 3.05) is 20.3 Å². The molecule has 0 radical (unpaired) electrons. The number of ether oxygens (including phenoxy) is 1. The molecule has 0 unspecified atom stereocenters. The molecular weight excluding hydrogens is 268 g/mol. The van der Waals surface area contributed by atoms with Crippen LogP contribution in [0.1, 0.15) is 18.5 Å². The van der Waals surface area contributed by atoms with Gasteiger partial charge in [0.15, 0.2) is 0 Å². The molecular formula is C15H20N4O2. The maximum Gasteiger partial charge on any atom is 0.247 e. The molecule has 2 rings (SSSR count). The van der Waals surface area contributed by atoms with Gasteiger partial charge in [0, 0.05) is 45.0 Å². The maximum atomic E-state index is 12.6. The molecule has 0 saturated carbocycles. The first-order valence-corrected chi connectivity index (χ1v) is 6.88. The fourth-order valence-corrected chi connectivity index (χ4v) is 2.07. The van der Waals surface area contributed by atoms with Gasteiger partial charge in [-0.3, -0.25) is 14.5 Å². The molecule has 0 spiro atoms. The quantitative estimate of drug-likeness (QED) is 0.775. The maximum absolute atomic E-state index is 12.6. The number of rotatable bonds is 7. The van der Waals surface area contributed by atoms with Crippen molar-refractivity contribution in [2.45, 2.75) is 19.5 Å². The highest BCUT2D eigenvalue weighted by atomic mass is 16.5. The van der Waals surface area contributed by atoms with Crippen molar-refractivity contribution in [3.63, 3.8) is 0 Å². The third kappa shape index (κ3) is 4.13. The van der Waals surface area contributed by atoms with Gasteiger partial charge in [0.2, 0.25) is 5.91 Å². The Balaban J connectivity index is 2.09. The zero-order valence-corrected chi connectivity index (χ0v) is 12.3. The molecule has 6 nitrogen and oxygen atoms in total. The van der Waals surface area contributed by atoms with Crippen LogP contribution >= 0.6 is 0 Å². The molecule has 0 aliphatic heterocycles. The van der Waals surface area contributed by atoms with Crippen LogP contribution in [0.4, 0.5) is 0 Å². The van der Waals surface area contributed by atoms with E-state index in [4.69, 9.17) is 4.74 Å². The smallest absolute Gasteiger partial charge is 0.247 e. The van der Waals surface area contributed by atoms with E-state index in [9.17, 15) is 4.79 Å². The number of hydrogen-bond acceptors (Lipinski definition) is 4. The van der Waals surface area contributed by atoms with Crippen molar-refractivity contribution in [2.24, 2.45) is 0 Å². The second-order valence-corrected chi connectivity index (χ2v) is 4.78. The van der Waals surface area contributed by atoms with Crippen LogP contribution in [-0.2, 0) is 16.1 Å². The molecule has 2 aromatic heterocycles. The molecule has 0 saturated heterocycles. The zero-order chi connectivity index (χ0) is 15.1. The minimum Gasteiger partial charge on any atom is -0.383 e. The molecule has 6 heteroatoms. The van der Waals surface area contributed by atoms with Crippen LogP contribution in [-0.4, -0.2) is 45.8 Å². The molecule has 21 heavy (non-hydrogen) atoms. The number of carbonyl (C=O) groups is 1. The number of methoxy groups -OCH3 is 1. The summed E-state index contributed by atoms with van der Waals surface area (Å²) in [6.07, 6.45) is 6.95. The Labute approximate surface area is 124 Å². The van der Waals surface area contributed by atoms with Crippen LogP contribution in [0.3, 0.4) is 0 Å². The topological polar surface area (TPSA) is 60.2 Å². The highest BCUT2D eigenvalue weighted by Gasteiger charge is 2.22. The van der Waals surface area contributed by atoms with Crippen molar-refractivity contribution in [3.05, 3.63) is 48.5 Å². The third-order valence-electron chi connectivity index (χ3n) is 3.25. The SMILES string of the molecule is COCCN(Cc1cccnc1)C(=O)[C@H](C)n1cccn1. The molecule has 0 N–H and O–H groups in total. The monoisotopic (exact) mass is 288 g/mol. The summed E-state index contributed by atoms with van der Waals surface area (Å²) in [6.45, 7) is 3.40. The minimum atomic E-state index is -0.339. The van der Waals surface area contributed by atoms with E-state index in [1.165, 1.54) is 0 Å². The van der Waals surface area contributed by atoms with E-state index in [0.29, 0.717) is 19.7 Å². The lowest BCUT2D eigenvalue weighted by Gasteiger charge is -2.25. The van der Waals surface area contributed by atoms with E-state index in [-0.39, 0.29) is 11.9 Å². The van der Waals surface area contributed by atoms with E-state index in [1.807, 2.05) is 25.1 Å². The van der Waals surface area contributed by atoms with E-state index in [1.54, 1.807) is 41.5 Å². The first-order valence-electron chi connectivity index (χ1n) is 6.88. The van der Waals surface area contributed by atoms with Crippen molar-refractivity contribution in [1.29, 1.82) is 0 Å². The van der Waals surface area contributed by atoms with Crippen molar-refractivity contribution in [3.8, 4) is 0 Å². The lowest BCUT2D eigenvalue weighted by molar-refractivity contribution is -0.135. The number of aromatic nitrogens is 3. The van der Waals surface area contributed by atoms with Gasteiger partial charge in [-0.05, 0) is 24.6 Å². The van der Waals surface area contributed by atoms with Crippen LogP contribution in [0.5, 0.6) is 0 Å². The van der Waals surface area contributed by atoms with Gasteiger partial charge in [-0.25, -0.2) is 0 Å². The number of nitrogens with zero attached hydrogens (tertiary/aromatic N) is 4. The van der Waals surface area contributed by atoms with Crippen LogP contribution in [0.2, 0.25) is 0 Å². The summed E-state index contributed by atoms with van der Waals surface area (Å²) >= 11 is 0. The summed E-state index contributed by atoms with van der Waals surface area (Å²) in [7, 11) is 1.63. The molecule has 0 aliphatic carbocycles. The number of amides is 1. The fourth-order valence-electron chi connectivity index (χ4n) is 2.07. The average molecular weight is 288 g/mol.